The molecule has 0 radical (unpaired) electrons. The van der Waals surface area contributed by atoms with Crippen LogP contribution in [-0.2, 0) is 4.79 Å². The average Bonchev–Trinajstić information content (AvgIpc) is 3.22. The van der Waals surface area contributed by atoms with Crippen molar-refractivity contribution >= 4 is 29.0 Å². The minimum Gasteiger partial charge on any atom is -0.497 e. The molecule has 1 atom stereocenters. The largest absolute Gasteiger partial charge is 0.497 e. The van der Waals surface area contributed by atoms with E-state index in [4.69, 9.17) is 4.74 Å². The Labute approximate surface area is 189 Å². The first-order valence-corrected chi connectivity index (χ1v) is 11.0. The zero-order valence-corrected chi connectivity index (χ0v) is 18.8. The highest BCUT2D eigenvalue weighted by atomic mass is 32.2. The summed E-state index contributed by atoms with van der Waals surface area (Å²) in [4.78, 5) is 25.9. The lowest BCUT2D eigenvalue weighted by Gasteiger charge is -2.15. The highest BCUT2D eigenvalue weighted by Crippen LogP contribution is 2.26. The zero-order valence-electron chi connectivity index (χ0n) is 18.0. The molecule has 4 aromatic rings. The Hall–Kier alpha value is -3.59. The molecule has 0 saturated carbocycles. The molecule has 2 aromatic carbocycles. The van der Waals surface area contributed by atoms with Gasteiger partial charge in [0.1, 0.15) is 5.75 Å². The fourth-order valence-corrected chi connectivity index (χ4v) is 4.22. The maximum Gasteiger partial charge on any atom is 0.300 e. The molecule has 164 valence electrons. The Morgan fingerprint density at radius 1 is 1.16 bits per heavy atom. The van der Waals surface area contributed by atoms with Crippen LogP contribution < -0.4 is 15.6 Å². The summed E-state index contributed by atoms with van der Waals surface area (Å²) in [5.74, 6) is 0.533. The van der Waals surface area contributed by atoms with E-state index in [0.717, 1.165) is 11.3 Å². The first-order valence-electron chi connectivity index (χ1n) is 10.2. The maximum absolute atomic E-state index is 13.0. The second-order valence-corrected chi connectivity index (χ2v) is 8.34. The number of hydrogen-bond donors (Lipinski definition) is 1. The van der Waals surface area contributed by atoms with E-state index in [1.54, 1.807) is 30.0 Å². The number of benzene rings is 2. The van der Waals surface area contributed by atoms with Crippen molar-refractivity contribution in [2.75, 3.05) is 12.4 Å². The number of carbonyl (C=O) groups is 1. The Morgan fingerprint density at radius 3 is 2.72 bits per heavy atom. The Balaban J connectivity index is 1.60. The van der Waals surface area contributed by atoms with E-state index in [1.807, 2.05) is 56.3 Å². The minimum atomic E-state index is -0.386. The lowest BCUT2D eigenvalue weighted by atomic mass is 10.2. The van der Waals surface area contributed by atoms with E-state index in [1.165, 1.54) is 16.3 Å². The summed E-state index contributed by atoms with van der Waals surface area (Å²) in [5, 5.41) is 11.3. The standard InChI is InChI=1S/C23H23N5O3S/c1-4-19(21(29)24-18-11-6-5-8-15(18)2)32-23-26-25-20-22(30)27(12-13-28(20)23)16-9-7-10-17(14-16)31-3/h5-14,19H,4H2,1-3H3,(H,24,29)/t19-/m1/s1. The molecular weight excluding hydrogens is 426 g/mol. The number of amides is 1. The minimum absolute atomic E-state index is 0.117. The maximum atomic E-state index is 13.0. The van der Waals surface area contributed by atoms with Crippen LogP contribution in [0.1, 0.15) is 18.9 Å². The van der Waals surface area contributed by atoms with Crippen LogP contribution in [0.5, 0.6) is 5.75 Å². The van der Waals surface area contributed by atoms with E-state index in [2.05, 4.69) is 15.5 Å². The van der Waals surface area contributed by atoms with Crippen molar-refractivity contribution < 1.29 is 9.53 Å². The predicted octanol–water partition coefficient (Wildman–Crippen LogP) is 3.71. The van der Waals surface area contributed by atoms with Crippen LogP contribution in [0.3, 0.4) is 0 Å². The van der Waals surface area contributed by atoms with Gasteiger partial charge in [-0.25, -0.2) is 0 Å². The first kappa shape index (κ1) is 21.6. The number of rotatable bonds is 7. The lowest BCUT2D eigenvalue weighted by Crippen LogP contribution is -2.25. The molecule has 1 amide bonds. The van der Waals surface area contributed by atoms with Gasteiger partial charge in [0.15, 0.2) is 5.16 Å². The van der Waals surface area contributed by atoms with Gasteiger partial charge in [0, 0.05) is 24.1 Å². The van der Waals surface area contributed by atoms with Gasteiger partial charge < -0.3 is 10.1 Å². The van der Waals surface area contributed by atoms with Crippen molar-refractivity contribution in [1.82, 2.24) is 19.2 Å². The third-order valence-electron chi connectivity index (χ3n) is 5.08. The number of aryl methyl sites for hydroxylation is 1. The van der Waals surface area contributed by atoms with E-state index in [0.29, 0.717) is 23.0 Å². The van der Waals surface area contributed by atoms with E-state index in [-0.39, 0.29) is 22.4 Å². The molecule has 2 heterocycles. The normalized spacial score (nSPS) is 12.0. The smallest absolute Gasteiger partial charge is 0.300 e. The van der Waals surface area contributed by atoms with Crippen molar-refractivity contribution in [1.29, 1.82) is 0 Å². The third-order valence-corrected chi connectivity index (χ3v) is 6.41. The highest BCUT2D eigenvalue weighted by Gasteiger charge is 2.22. The molecule has 0 unspecified atom stereocenters. The summed E-state index contributed by atoms with van der Waals surface area (Å²) >= 11 is 1.28. The van der Waals surface area contributed by atoms with E-state index < -0.39 is 0 Å². The molecule has 8 nitrogen and oxygen atoms in total. The number of carbonyl (C=O) groups excluding carboxylic acids is 1. The summed E-state index contributed by atoms with van der Waals surface area (Å²) in [7, 11) is 1.58. The fraction of sp³-hybridized carbons (Fsp3) is 0.217. The van der Waals surface area contributed by atoms with Crippen LogP contribution in [0.4, 0.5) is 5.69 Å². The number of nitrogens with zero attached hydrogens (tertiary/aromatic N) is 4. The molecule has 0 aliphatic rings. The monoisotopic (exact) mass is 449 g/mol. The van der Waals surface area contributed by atoms with E-state index in [9.17, 15) is 9.59 Å². The van der Waals surface area contributed by atoms with Gasteiger partial charge in [-0.3, -0.25) is 18.6 Å². The molecular formula is C23H23N5O3S. The lowest BCUT2D eigenvalue weighted by molar-refractivity contribution is -0.115. The number of ether oxygens (including phenoxy) is 1. The van der Waals surface area contributed by atoms with Gasteiger partial charge in [0.25, 0.3) is 0 Å². The summed E-state index contributed by atoms with van der Waals surface area (Å²) in [5.41, 5.74) is 2.32. The summed E-state index contributed by atoms with van der Waals surface area (Å²) in [6.45, 7) is 3.89. The molecule has 0 aliphatic carbocycles. The van der Waals surface area contributed by atoms with Gasteiger partial charge in [0.05, 0.1) is 18.0 Å². The van der Waals surface area contributed by atoms with Gasteiger partial charge in [-0.05, 0) is 37.1 Å². The highest BCUT2D eigenvalue weighted by molar-refractivity contribution is 8.00. The fourth-order valence-electron chi connectivity index (χ4n) is 3.29. The van der Waals surface area contributed by atoms with Gasteiger partial charge in [-0.1, -0.05) is 43.0 Å². The second kappa shape index (κ2) is 9.27. The molecule has 4 rings (SSSR count). The quantitative estimate of drug-likeness (QED) is 0.433. The number of fused-ring (bicyclic) bond motifs is 1. The van der Waals surface area contributed by atoms with E-state index >= 15 is 0 Å². The van der Waals surface area contributed by atoms with Crippen molar-refractivity contribution in [3.63, 3.8) is 0 Å². The molecule has 32 heavy (non-hydrogen) atoms. The van der Waals surface area contributed by atoms with Crippen molar-refractivity contribution in [3.05, 3.63) is 76.8 Å². The molecule has 0 saturated heterocycles. The number of para-hydroxylation sites is 1. The third kappa shape index (κ3) is 4.24. The molecule has 0 aliphatic heterocycles. The number of thioether (sulfide) groups is 1. The van der Waals surface area contributed by atoms with Crippen LogP contribution in [0.2, 0.25) is 0 Å². The number of anilines is 1. The van der Waals surface area contributed by atoms with Gasteiger partial charge >= 0.3 is 5.56 Å². The average molecular weight is 450 g/mol. The first-order chi connectivity index (χ1) is 15.5. The predicted molar refractivity (Wildman–Crippen MR) is 125 cm³/mol. The van der Waals surface area contributed by atoms with Crippen molar-refractivity contribution in [2.45, 2.75) is 30.7 Å². The van der Waals surface area contributed by atoms with Gasteiger partial charge in [-0.15, -0.1) is 10.2 Å². The van der Waals surface area contributed by atoms with Crippen molar-refractivity contribution in [3.8, 4) is 11.4 Å². The number of hydrogen-bond acceptors (Lipinski definition) is 6. The van der Waals surface area contributed by atoms with Crippen LogP contribution in [0, 0.1) is 6.92 Å². The Kier molecular flexibility index (Phi) is 6.27. The van der Waals surface area contributed by atoms with Crippen LogP contribution in [0.15, 0.2) is 70.9 Å². The number of aromatic nitrogens is 4. The summed E-state index contributed by atoms with van der Waals surface area (Å²) < 4.78 is 8.35. The second-order valence-electron chi connectivity index (χ2n) is 7.17. The Morgan fingerprint density at radius 2 is 1.97 bits per heavy atom. The van der Waals surface area contributed by atoms with Crippen LogP contribution in [0.25, 0.3) is 11.3 Å². The molecule has 1 N–H and O–H groups in total. The van der Waals surface area contributed by atoms with Crippen molar-refractivity contribution in [2.24, 2.45) is 0 Å². The topological polar surface area (TPSA) is 90.5 Å². The van der Waals surface area contributed by atoms with Gasteiger partial charge in [-0.2, -0.15) is 0 Å². The number of methoxy groups -OCH3 is 1. The summed E-state index contributed by atoms with van der Waals surface area (Å²) in [6.07, 6.45) is 3.98. The zero-order chi connectivity index (χ0) is 22.7. The SMILES string of the molecule is CC[C@@H](Sc1nnc2c(=O)n(-c3cccc(OC)c3)ccn12)C(=O)Nc1ccccc1C. The molecule has 2 aromatic heterocycles. The summed E-state index contributed by atoms with van der Waals surface area (Å²) in [6, 6.07) is 14.8. The molecule has 0 bridgehead atoms. The van der Waals surface area contributed by atoms with Gasteiger partial charge in [0.2, 0.25) is 11.6 Å². The molecule has 0 fully saturated rings. The van der Waals surface area contributed by atoms with Crippen LogP contribution >= 0.6 is 11.8 Å². The van der Waals surface area contributed by atoms with Crippen LogP contribution in [-0.4, -0.2) is 37.4 Å². The molecule has 0 spiro atoms. The molecule has 9 heteroatoms. The number of nitrogens with one attached hydrogen (secondary N) is 1. The Bertz CT molecular complexity index is 1330.